The van der Waals surface area contributed by atoms with Crippen molar-refractivity contribution in [2.45, 2.75) is 58.2 Å². The smallest absolute Gasteiger partial charge is 0.263 e. The van der Waals surface area contributed by atoms with Crippen LogP contribution in [0, 0.1) is 5.82 Å². The number of allylic oxidation sites excluding steroid dienone is 1. The van der Waals surface area contributed by atoms with Gasteiger partial charge < -0.3 is 14.6 Å². The first-order valence-corrected chi connectivity index (χ1v) is 13.0. The third-order valence-corrected chi connectivity index (χ3v) is 7.65. The molecule has 0 spiro atoms. The minimum absolute atomic E-state index is 0.0483. The summed E-state index contributed by atoms with van der Waals surface area (Å²) in [5.41, 5.74) is 3.21. The Labute approximate surface area is 221 Å². The van der Waals surface area contributed by atoms with Crippen LogP contribution < -0.4 is 9.47 Å². The van der Waals surface area contributed by atoms with Gasteiger partial charge in [-0.05, 0) is 75.1 Å². The number of halogens is 3. The molecule has 2 heterocycles. The third-order valence-electron chi connectivity index (χ3n) is 7.65. The topological polar surface area (TPSA) is 41.9 Å². The van der Waals surface area contributed by atoms with Crippen LogP contribution in [0.25, 0.3) is 11.1 Å². The molecule has 3 aromatic carbocycles. The average Bonchev–Trinajstić information content (AvgIpc) is 3.34. The van der Waals surface area contributed by atoms with Crippen molar-refractivity contribution in [3.63, 3.8) is 0 Å². The van der Waals surface area contributed by atoms with Crippen molar-refractivity contribution in [2.75, 3.05) is 13.2 Å². The van der Waals surface area contributed by atoms with Crippen LogP contribution in [0.1, 0.15) is 68.4 Å². The fourth-order valence-electron chi connectivity index (χ4n) is 5.57. The standard InChI is InChI=1S/C31H32F3NO3/c1-18-5-4-14-35(18)19(2)17-37-25-12-10-22(11-13-25)29-28(21-6-8-23(9-7-21)31(33)34)20(3)26-15-24(36)16-27(32)30(26)38-29/h6-13,15-16,18-19,29,31,36H,4-5,14,17H2,1-3H3. The zero-order valence-corrected chi connectivity index (χ0v) is 21.8. The molecule has 3 aromatic rings. The van der Waals surface area contributed by atoms with Crippen LogP contribution in [0.4, 0.5) is 13.2 Å². The molecule has 3 atom stereocenters. The van der Waals surface area contributed by atoms with E-state index in [9.17, 15) is 18.3 Å². The van der Waals surface area contributed by atoms with E-state index >= 15 is 0 Å². The summed E-state index contributed by atoms with van der Waals surface area (Å²) in [6.07, 6.45) is -0.833. The lowest BCUT2D eigenvalue weighted by Crippen LogP contribution is -2.39. The van der Waals surface area contributed by atoms with Gasteiger partial charge in [0.25, 0.3) is 6.43 Å². The first-order chi connectivity index (χ1) is 18.2. The molecule has 5 rings (SSSR count). The first kappa shape index (κ1) is 26.2. The first-order valence-electron chi connectivity index (χ1n) is 13.0. The Hall–Kier alpha value is -3.45. The number of ether oxygens (including phenoxy) is 2. The number of hydrogen-bond acceptors (Lipinski definition) is 4. The Morgan fingerprint density at radius 1 is 1.08 bits per heavy atom. The van der Waals surface area contributed by atoms with Gasteiger partial charge in [0, 0.05) is 34.9 Å². The van der Waals surface area contributed by atoms with Crippen molar-refractivity contribution in [2.24, 2.45) is 0 Å². The van der Waals surface area contributed by atoms with Gasteiger partial charge in [0.15, 0.2) is 11.6 Å². The van der Waals surface area contributed by atoms with Crippen molar-refractivity contribution in [3.05, 3.63) is 88.7 Å². The Kier molecular flexibility index (Phi) is 7.39. The highest BCUT2D eigenvalue weighted by Crippen LogP contribution is 2.48. The summed E-state index contributed by atoms with van der Waals surface area (Å²) >= 11 is 0. The molecule has 0 bridgehead atoms. The quantitative estimate of drug-likeness (QED) is 0.343. The number of likely N-dealkylation sites (tertiary alicyclic amines) is 1. The van der Waals surface area contributed by atoms with Crippen LogP contribution in [-0.2, 0) is 0 Å². The summed E-state index contributed by atoms with van der Waals surface area (Å²) in [6, 6.07) is 16.9. The monoisotopic (exact) mass is 523 g/mol. The summed E-state index contributed by atoms with van der Waals surface area (Å²) in [4.78, 5) is 2.47. The fourth-order valence-corrected chi connectivity index (χ4v) is 5.57. The summed E-state index contributed by atoms with van der Waals surface area (Å²) in [5.74, 6) is -0.105. The van der Waals surface area contributed by atoms with Crippen LogP contribution in [0.2, 0.25) is 0 Å². The number of benzene rings is 3. The van der Waals surface area contributed by atoms with Crippen molar-refractivity contribution in [1.29, 1.82) is 0 Å². The van der Waals surface area contributed by atoms with Gasteiger partial charge in [-0.2, -0.15) is 0 Å². The molecule has 38 heavy (non-hydrogen) atoms. The summed E-state index contributed by atoms with van der Waals surface area (Å²) in [5, 5.41) is 10.0. The summed E-state index contributed by atoms with van der Waals surface area (Å²) < 4.78 is 53.5. The molecule has 1 saturated heterocycles. The SMILES string of the molecule is CC1=C(c2ccc(C(F)F)cc2)C(c2ccc(OCC(C)N3CCCC3C)cc2)Oc2c(F)cc(O)cc21. The maximum Gasteiger partial charge on any atom is 0.263 e. The van der Waals surface area contributed by atoms with E-state index in [0.717, 1.165) is 23.9 Å². The van der Waals surface area contributed by atoms with Gasteiger partial charge >= 0.3 is 0 Å². The third kappa shape index (κ3) is 5.12. The second kappa shape index (κ2) is 10.7. The molecule has 2 aliphatic heterocycles. The second-order valence-electron chi connectivity index (χ2n) is 10.2. The number of aromatic hydroxyl groups is 1. The van der Waals surface area contributed by atoms with Crippen molar-refractivity contribution < 1.29 is 27.8 Å². The number of phenolic OH excluding ortho intramolecular Hbond substituents is 1. The Bertz CT molecular complexity index is 1320. The lowest BCUT2D eigenvalue weighted by molar-refractivity contribution is 0.141. The highest BCUT2D eigenvalue weighted by atomic mass is 19.3. The molecule has 4 nitrogen and oxygen atoms in total. The fraction of sp³-hybridized carbons (Fsp3) is 0.355. The van der Waals surface area contributed by atoms with Crippen molar-refractivity contribution >= 4 is 11.1 Å². The maximum atomic E-state index is 14.8. The summed E-state index contributed by atoms with van der Waals surface area (Å²) in [6.45, 7) is 7.91. The van der Waals surface area contributed by atoms with Crippen LogP contribution in [0.5, 0.6) is 17.2 Å². The van der Waals surface area contributed by atoms with Gasteiger partial charge in [-0.3, -0.25) is 4.90 Å². The van der Waals surface area contributed by atoms with Gasteiger partial charge in [-0.15, -0.1) is 0 Å². The molecular weight excluding hydrogens is 491 g/mol. The van der Waals surface area contributed by atoms with E-state index in [1.54, 1.807) is 12.1 Å². The van der Waals surface area contributed by atoms with E-state index < -0.39 is 18.3 Å². The van der Waals surface area contributed by atoms with E-state index in [4.69, 9.17) is 9.47 Å². The van der Waals surface area contributed by atoms with Crippen LogP contribution in [0.3, 0.4) is 0 Å². The Morgan fingerprint density at radius 2 is 1.79 bits per heavy atom. The predicted molar refractivity (Wildman–Crippen MR) is 142 cm³/mol. The number of rotatable bonds is 7. The molecule has 200 valence electrons. The van der Waals surface area contributed by atoms with E-state index in [1.165, 1.54) is 31.0 Å². The molecule has 0 saturated carbocycles. The highest BCUT2D eigenvalue weighted by molar-refractivity contribution is 5.95. The predicted octanol–water partition coefficient (Wildman–Crippen LogP) is 7.78. The second-order valence-corrected chi connectivity index (χ2v) is 10.2. The molecule has 0 radical (unpaired) electrons. The van der Waals surface area contributed by atoms with Gasteiger partial charge in [0.1, 0.15) is 24.2 Å². The minimum Gasteiger partial charge on any atom is -0.508 e. The molecule has 0 aromatic heterocycles. The van der Waals surface area contributed by atoms with Gasteiger partial charge in [-0.1, -0.05) is 36.4 Å². The lowest BCUT2D eigenvalue weighted by Gasteiger charge is -2.31. The average molecular weight is 524 g/mol. The van der Waals surface area contributed by atoms with Crippen molar-refractivity contribution in [1.82, 2.24) is 4.90 Å². The molecule has 0 amide bonds. The van der Waals surface area contributed by atoms with E-state index in [1.807, 2.05) is 31.2 Å². The molecule has 3 unspecified atom stereocenters. The zero-order chi connectivity index (χ0) is 27.0. The Morgan fingerprint density at radius 3 is 2.42 bits per heavy atom. The van der Waals surface area contributed by atoms with Crippen LogP contribution in [0.15, 0.2) is 60.7 Å². The van der Waals surface area contributed by atoms with Crippen molar-refractivity contribution in [3.8, 4) is 17.2 Å². The number of alkyl halides is 2. The molecular formula is C31H32F3NO3. The van der Waals surface area contributed by atoms with E-state index in [0.29, 0.717) is 41.0 Å². The largest absolute Gasteiger partial charge is 0.508 e. The summed E-state index contributed by atoms with van der Waals surface area (Å²) in [7, 11) is 0. The number of phenols is 1. The molecule has 7 heteroatoms. The van der Waals surface area contributed by atoms with Crippen LogP contribution >= 0.6 is 0 Å². The van der Waals surface area contributed by atoms with Gasteiger partial charge in [0.05, 0.1) is 0 Å². The molecule has 1 fully saturated rings. The van der Waals surface area contributed by atoms with Gasteiger partial charge in [0.2, 0.25) is 0 Å². The van der Waals surface area contributed by atoms with E-state index in [2.05, 4.69) is 18.7 Å². The minimum atomic E-state index is -2.58. The van der Waals surface area contributed by atoms with Gasteiger partial charge in [-0.25, -0.2) is 13.2 Å². The highest BCUT2D eigenvalue weighted by Gasteiger charge is 2.32. The van der Waals surface area contributed by atoms with E-state index in [-0.39, 0.29) is 17.1 Å². The Balaban J connectivity index is 1.45. The number of hydrogen-bond donors (Lipinski definition) is 1. The molecule has 1 N–H and O–H groups in total. The number of nitrogens with zero attached hydrogens (tertiary/aromatic N) is 1. The zero-order valence-electron chi connectivity index (χ0n) is 21.8. The maximum absolute atomic E-state index is 14.8. The van der Waals surface area contributed by atoms with Crippen LogP contribution in [-0.4, -0.2) is 35.2 Å². The normalized spacial score (nSPS) is 20.4. The number of fused-ring (bicyclic) bond motifs is 1. The molecule has 2 aliphatic rings. The lowest BCUT2D eigenvalue weighted by atomic mass is 9.85. The molecule has 0 aliphatic carbocycles.